The number of nitrogen functional groups attached to an aromatic ring is 1. The normalized spacial score (nSPS) is 11.7. The lowest BCUT2D eigenvalue weighted by Gasteiger charge is -2.16. The van der Waals surface area contributed by atoms with Crippen LogP contribution in [0.15, 0.2) is 36.4 Å². The summed E-state index contributed by atoms with van der Waals surface area (Å²) >= 11 is 5.87. The van der Waals surface area contributed by atoms with Gasteiger partial charge in [0.2, 0.25) is 0 Å². The summed E-state index contributed by atoms with van der Waals surface area (Å²) in [6.45, 7) is 5.53. The van der Waals surface area contributed by atoms with E-state index in [1.807, 2.05) is 39.0 Å². The van der Waals surface area contributed by atoms with Crippen molar-refractivity contribution in [1.29, 1.82) is 0 Å². The van der Waals surface area contributed by atoms with E-state index in [9.17, 15) is 9.59 Å². The first-order valence-corrected chi connectivity index (χ1v) is 8.25. The fourth-order valence-electron chi connectivity index (χ4n) is 2.32. The van der Waals surface area contributed by atoms with E-state index in [0.29, 0.717) is 0 Å². The Morgan fingerprint density at radius 2 is 1.92 bits per heavy atom. The molecule has 2 aromatic rings. The summed E-state index contributed by atoms with van der Waals surface area (Å²) in [5, 5.41) is 3.07. The highest BCUT2D eigenvalue weighted by Gasteiger charge is 2.16. The van der Waals surface area contributed by atoms with Crippen molar-refractivity contribution in [3.63, 3.8) is 0 Å². The van der Waals surface area contributed by atoms with Gasteiger partial charge in [0.1, 0.15) is 0 Å². The number of hydrogen-bond acceptors (Lipinski definition) is 4. The Morgan fingerprint density at radius 1 is 1.20 bits per heavy atom. The summed E-state index contributed by atoms with van der Waals surface area (Å²) in [5.41, 5.74) is 9.35. The lowest BCUT2D eigenvalue weighted by atomic mass is 10.0. The molecule has 2 rings (SSSR count). The van der Waals surface area contributed by atoms with E-state index in [-0.39, 0.29) is 34.8 Å². The first-order chi connectivity index (χ1) is 11.8. The second-order valence-corrected chi connectivity index (χ2v) is 6.32. The van der Waals surface area contributed by atoms with Crippen molar-refractivity contribution in [2.24, 2.45) is 0 Å². The lowest BCUT2D eigenvalue weighted by Crippen LogP contribution is -2.31. The number of hydrogen-bond donors (Lipinski definition) is 2. The number of carbonyl (C=O) groups excluding carboxylic acids is 2. The molecule has 0 fully saturated rings. The van der Waals surface area contributed by atoms with Gasteiger partial charge in [-0.3, -0.25) is 4.79 Å². The Morgan fingerprint density at radius 3 is 2.60 bits per heavy atom. The molecule has 0 spiro atoms. The first kappa shape index (κ1) is 18.8. The Balaban J connectivity index is 1.92. The Labute approximate surface area is 152 Å². The number of benzene rings is 2. The molecule has 3 N–H and O–H groups in total. The minimum absolute atomic E-state index is 0.137. The van der Waals surface area contributed by atoms with Gasteiger partial charge in [-0.1, -0.05) is 35.9 Å². The number of anilines is 1. The SMILES string of the molecule is Cc1ccc(C(C)NC(=O)COC(=O)c2cccc(Cl)c2N)cc1C. The largest absolute Gasteiger partial charge is 0.452 e. The monoisotopic (exact) mass is 360 g/mol. The van der Waals surface area contributed by atoms with Crippen LogP contribution in [0.4, 0.5) is 5.69 Å². The molecule has 6 heteroatoms. The Kier molecular flexibility index (Phi) is 6.04. The van der Waals surface area contributed by atoms with Crippen molar-refractivity contribution >= 4 is 29.2 Å². The van der Waals surface area contributed by atoms with Crippen LogP contribution in [0.1, 0.15) is 40.0 Å². The number of rotatable bonds is 5. The molecule has 5 nitrogen and oxygen atoms in total. The zero-order valence-electron chi connectivity index (χ0n) is 14.4. The van der Waals surface area contributed by atoms with E-state index in [4.69, 9.17) is 22.1 Å². The summed E-state index contributed by atoms with van der Waals surface area (Å²) in [6, 6.07) is 10.5. The van der Waals surface area contributed by atoms with Crippen LogP contribution in [0.2, 0.25) is 5.02 Å². The molecule has 0 heterocycles. The molecule has 0 aliphatic rings. The van der Waals surface area contributed by atoms with Gasteiger partial charge in [-0.15, -0.1) is 0 Å². The molecule has 25 heavy (non-hydrogen) atoms. The van der Waals surface area contributed by atoms with Crippen LogP contribution in [-0.2, 0) is 9.53 Å². The number of carbonyl (C=O) groups is 2. The average molecular weight is 361 g/mol. The number of aryl methyl sites for hydroxylation is 2. The van der Waals surface area contributed by atoms with Gasteiger partial charge in [-0.05, 0) is 49.6 Å². The predicted molar refractivity (Wildman–Crippen MR) is 98.6 cm³/mol. The molecule has 1 amide bonds. The van der Waals surface area contributed by atoms with Crippen LogP contribution in [0, 0.1) is 13.8 Å². The Hall–Kier alpha value is -2.53. The van der Waals surface area contributed by atoms with Gasteiger partial charge < -0.3 is 15.8 Å². The summed E-state index contributed by atoms with van der Waals surface area (Å²) in [4.78, 5) is 24.0. The molecule has 0 saturated carbocycles. The van der Waals surface area contributed by atoms with E-state index >= 15 is 0 Å². The van der Waals surface area contributed by atoms with Crippen molar-refractivity contribution < 1.29 is 14.3 Å². The second-order valence-electron chi connectivity index (χ2n) is 5.91. The smallest absolute Gasteiger partial charge is 0.340 e. The predicted octanol–water partition coefficient (Wildman–Crippen LogP) is 3.57. The minimum Gasteiger partial charge on any atom is -0.452 e. The van der Waals surface area contributed by atoms with Crippen molar-refractivity contribution in [3.05, 3.63) is 63.7 Å². The van der Waals surface area contributed by atoms with Crippen LogP contribution >= 0.6 is 11.6 Å². The summed E-state index contributed by atoms with van der Waals surface area (Å²) in [7, 11) is 0. The van der Waals surface area contributed by atoms with Gasteiger partial charge in [0, 0.05) is 0 Å². The summed E-state index contributed by atoms with van der Waals surface area (Å²) in [6.07, 6.45) is 0. The maximum atomic E-state index is 12.0. The maximum Gasteiger partial charge on any atom is 0.340 e. The molecule has 1 unspecified atom stereocenters. The number of nitrogens with two attached hydrogens (primary N) is 1. The van der Waals surface area contributed by atoms with Gasteiger partial charge in [0.25, 0.3) is 5.91 Å². The fraction of sp³-hybridized carbons (Fsp3) is 0.263. The van der Waals surface area contributed by atoms with Crippen molar-refractivity contribution in [3.8, 4) is 0 Å². The molecular weight excluding hydrogens is 340 g/mol. The van der Waals surface area contributed by atoms with E-state index in [2.05, 4.69) is 5.32 Å². The topological polar surface area (TPSA) is 81.4 Å². The molecule has 132 valence electrons. The second kappa shape index (κ2) is 8.03. The number of esters is 1. The lowest BCUT2D eigenvalue weighted by molar-refractivity contribution is -0.124. The van der Waals surface area contributed by atoms with Crippen LogP contribution in [-0.4, -0.2) is 18.5 Å². The van der Waals surface area contributed by atoms with Crippen molar-refractivity contribution in [1.82, 2.24) is 5.32 Å². The number of ether oxygens (including phenoxy) is 1. The average Bonchev–Trinajstić information content (AvgIpc) is 2.57. The molecule has 0 aliphatic heterocycles. The number of amides is 1. The van der Waals surface area contributed by atoms with Crippen LogP contribution in [0.5, 0.6) is 0 Å². The Bertz CT molecular complexity index is 805. The van der Waals surface area contributed by atoms with E-state index < -0.39 is 5.97 Å². The third-order valence-corrected chi connectivity index (χ3v) is 4.35. The molecule has 0 saturated heterocycles. The molecular formula is C19H21ClN2O3. The zero-order chi connectivity index (χ0) is 18.6. The van der Waals surface area contributed by atoms with Crippen LogP contribution < -0.4 is 11.1 Å². The fourth-order valence-corrected chi connectivity index (χ4v) is 2.50. The summed E-state index contributed by atoms with van der Waals surface area (Å²) in [5.74, 6) is -1.08. The molecule has 0 bridgehead atoms. The third-order valence-electron chi connectivity index (χ3n) is 4.02. The molecule has 0 aromatic heterocycles. The maximum absolute atomic E-state index is 12.0. The van der Waals surface area contributed by atoms with Crippen molar-refractivity contribution in [2.75, 3.05) is 12.3 Å². The highest BCUT2D eigenvalue weighted by molar-refractivity contribution is 6.33. The van der Waals surface area contributed by atoms with Crippen molar-refractivity contribution in [2.45, 2.75) is 26.8 Å². The molecule has 1 atom stereocenters. The molecule has 2 aromatic carbocycles. The molecule has 0 aliphatic carbocycles. The summed E-state index contributed by atoms with van der Waals surface area (Å²) < 4.78 is 5.02. The van der Waals surface area contributed by atoms with Gasteiger partial charge in [0.05, 0.1) is 22.3 Å². The quantitative estimate of drug-likeness (QED) is 0.630. The van der Waals surface area contributed by atoms with E-state index in [0.717, 1.165) is 11.1 Å². The van der Waals surface area contributed by atoms with Gasteiger partial charge in [0.15, 0.2) is 6.61 Å². The van der Waals surface area contributed by atoms with E-state index in [1.165, 1.54) is 11.6 Å². The first-order valence-electron chi connectivity index (χ1n) is 7.87. The number of para-hydroxylation sites is 1. The highest BCUT2D eigenvalue weighted by atomic mass is 35.5. The van der Waals surface area contributed by atoms with Crippen LogP contribution in [0.25, 0.3) is 0 Å². The third kappa shape index (κ3) is 4.73. The van der Waals surface area contributed by atoms with Gasteiger partial charge in [-0.2, -0.15) is 0 Å². The standard InChI is InChI=1S/C19H21ClN2O3/c1-11-7-8-14(9-12(11)2)13(3)22-17(23)10-25-19(24)15-5-4-6-16(20)18(15)21/h4-9,13H,10,21H2,1-3H3,(H,22,23). The van der Waals surface area contributed by atoms with Crippen LogP contribution in [0.3, 0.4) is 0 Å². The van der Waals surface area contributed by atoms with Gasteiger partial charge in [-0.25, -0.2) is 4.79 Å². The van der Waals surface area contributed by atoms with Gasteiger partial charge >= 0.3 is 5.97 Å². The highest BCUT2D eigenvalue weighted by Crippen LogP contribution is 2.23. The number of halogens is 1. The van der Waals surface area contributed by atoms with E-state index in [1.54, 1.807) is 12.1 Å². The number of nitrogens with one attached hydrogen (secondary N) is 1. The molecule has 0 radical (unpaired) electrons. The minimum atomic E-state index is -0.686. The zero-order valence-corrected chi connectivity index (χ0v) is 15.2.